The zero-order valence-corrected chi connectivity index (χ0v) is 10.4. The molecule has 0 aliphatic heterocycles. The van der Waals surface area contributed by atoms with Gasteiger partial charge in [-0.05, 0) is 0 Å². The minimum atomic E-state index is 0.194. The molecular weight excluding hydrogens is 277 g/mol. The quantitative estimate of drug-likeness (QED) is 0.670. The summed E-state index contributed by atoms with van der Waals surface area (Å²) in [4.78, 5) is 0. The van der Waals surface area contributed by atoms with E-state index in [9.17, 15) is 0 Å². The first-order valence-electron chi connectivity index (χ1n) is 2.05. The molecule has 11 heavy (non-hydrogen) atoms. The van der Waals surface area contributed by atoms with Crippen LogP contribution in [0, 0.1) is 0 Å². The van der Waals surface area contributed by atoms with Gasteiger partial charge in [-0.1, -0.05) is 0 Å². The summed E-state index contributed by atoms with van der Waals surface area (Å²) in [5.41, 5.74) is 0. The van der Waals surface area contributed by atoms with Crippen molar-refractivity contribution < 1.29 is 5.11 Å². The van der Waals surface area contributed by atoms with Gasteiger partial charge in [-0.2, -0.15) is 0 Å². The molecule has 74 valence electrons. The van der Waals surface area contributed by atoms with Gasteiger partial charge in [0.1, 0.15) is 0 Å². The summed E-state index contributed by atoms with van der Waals surface area (Å²) in [5, 5.41) is 7.58. The van der Waals surface area contributed by atoms with E-state index in [0.29, 0.717) is 0 Å². The Morgan fingerprint density at radius 3 is 0.636 bits per heavy atom. The zero-order valence-electron chi connectivity index (χ0n) is 5.84. The van der Waals surface area contributed by atoms with Crippen molar-refractivity contribution in [3.63, 3.8) is 0 Å². The lowest BCUT2D eigenvalue weighted by Gasteiger charge is -1.42. The number of aliphatic hydroxyl groups excluding tert-OH is 1. The first-order chi connectivity index (χ1) is 5.24. The smallest absolute Gasteiger partial charge is 0.0967 e. The van der Waals surface area contributed by atoms with Crippen molar-refractivity contribution in [2.24, 2.45) is 0 Å². The number of hydrogen-bond acceptors (Lipinski definition) is 1. The Morgan fingerprint density at radius 1 is 0.636 bits per heavy atom. The maximum absolute atomic E-state index is 7.00. The molecule has 0 bridgehead atoms. The van der Waals surface area contributed by atoms with E-state index in [-0.39, 0.29) is 16.0 Å². The van der Waals surface area contributed by atoms with Crippen LogP contribution in [0.15, 0.2) is 0 Å². The van der Waals surface area contributed by atoms with Crippen LogP contribution in [0.3, 0.4) is 0 Å². The van der Waals surface area contributed by atoms with Gasteiger partial charge in [-0.3, -0.25) is 0 Å². The van der Waals surface area contributed by atoms with Gasteiger partial charge >= 0.3 is 0 Å². The van der Waals surface area contributed by atoms with Crippen LogP contribution in [0.5, 0.6) is 0 Å². The Bertz CT molecular complexity index is 19.3. The molecule has 0 saturated heterocycles. The summed E-state index contributed by atoms with van der Waals surface area (Å²) >= 11 is 28.6. The van der Waals surface area contributed by atoms with Crippen LogP contribution in [-0.2, 0) is 0 Å². The van der Waals surface area contributed by atoms with Gasteiger partial charge in [-0.25, -0.2) is 0 Å². The minimum absolute atomic E-state index is 0.194. The van der Waals surface area contributed by atoms with Gasteiger partial charge in [0, 0.05) is 7.11 Å². The van der Waals surface area contributed by atoms with E-state index < -0.39 is 0 Å². The Labute approximate surface area is 97.5 Å². The number of rotatable bonds is 0. The van der Waals surface area contributed by atoms with Crippen LogP contribution in [0.2, 0.25) is 0 Å². The van der Waals surface area contributed by atoms with E-state index in [1.54, 1.807) is 0 Å². The van der Waals surface area contributed by atoms with Crippen LogP contribution in [0.4, 0.5) is 0 Å². The second kappa shape index (κ2) is 60.6. The topological polar surface area (TPSA) is 20.2 Å². The molecule has 0 rings (SSSR count). The van der Waals surface area contributed by atoms with Crippen molar-refractivity contribution in [2.45, 2.75) is 0 Å². The third-order valence-electron chi connectivity index (χ3n) is 0. The monoisotopic (exact) mass is 284 g/mol. The molecule has 0 aromatic carbocycles. The second-order valence-electron chi connectivity index (χ2n) is 0.303. The summed E-state index contributed by atoms with van der Waals surface area (Å²) in [6.45, 7) is 0. The fourth-order valence-corrected chi connectivity index (χ4v) is 0. The van der Waals surface area contributed by atoms with Crippen molar-refractivity contribution in [3.8, 4) is 0 Å². The first kappa shape index (κ1) is 23.0. The molecule has 0 amide bonds. The molecule has 0 fully saturated rings. The number of alkyl halides is 6. The van der Waals surface area contributed by atoms with Crippen LogP contribution in [0.1, 0.15) is 0 Å². The van der Waals surface area contributed by atoms with Crippen LogP contribution >= 0.6 is 69.6 Å². The predicted molar refractivity (Wildman–Crippen MR) is 57.9 cm³/mol. The molecule has 1 N–H and O–H groups in total. The van der Waals surface area contributed by atoms with Crippen LogP contribution in [0.25, 0.3) is 0 Å². The van der Waals surface area contributed by atoms with E-state index in [1.807, 2.05) is 0 Å². The normalized spacial score (nSPS) is 5.45. The molecule has 0 spiro atoms. The Morgan fingerprint density at radius 2 is 0.636 bits per heavy atom. The predicted octanol–water partition coefficient (Wildman–Crippen LogP) is 3.87. The van der Waals surface area contributed by atoms with Gasteiger partial charge in [0.2, 0.25) is 0 Å². The summed E-state index contributed by atoms with van der Waals surface area (Å²) in [5.74, 6) is 0. The standard InChI is InChI=1S/3CH2Cl2.CH4O/c3*2-1-3;1-2/h3*1H2;2H,1H3. The van der Waals surface area contributed by atoms with E-state index in [1.165, 1.54) is 0 Å². The molecule has 1 nitrogen and oxygen atoms in total. The van der Waals surface area contributed by atoms with Crippen molar-refractivity contribution in [1.82, 2.24) is 0 Å². The zero-order chi connectivity index (χ0) is 10.1. The van der Waals surface area contributed by atoms with Crippen molar-refractivity contribution in [1.29, 1.82) is 0 Å². The summed E-state index contributed by atoms with van der Waals surface area (Å²) < 4.78 is 0. The first-order valence-corrected chi connectivity index (χ1v) is 5.26. The maximum Gasteiger partial charge on any atom is 0.0967 e. The lowest BCUT2D eigenvalue weighted by molar-refractivity contribution is 0.399. The fourth-order valence-electron chi connectivity index (χ4n) is 0. The fraction of sp³-hybridized carbons (Fsp3) is 1.00. The lowest BCUT2D eigenvalue weighted by Crippen LogP contribution is -1.25. The molecule has 0 radical (unpaired) electrons. The number of hydrogen-bond donors (Lipinski definition) is 1. The summed E-state index contributed by atoms with van der Waals surface area (Å²) in [7, 11) is 1.00. The van der Waals surface area contributed by atoms with Crippen molar-refractivity contribution >= 4 is 69.6 Å². The largest absolute Gasteiger partial charge is 0.400 e. The molecule has 7 heteroatoms. The minimum Gasteiger partial charge on any atom is -0.400 e. The van der Waals surface area contributed by atoms with Crippen LogP contribution in [-0.4, -0.2) is 28.2 Å². The molecule has 0 aromatic rings. The molecule has 0 aliphatic rings. The maximum atomic E-state index is 7.00. The Balaban J connectivity index is -0.0000000301. The Kier molecular flexibility index (Phi) is 127. The molecule has 0 unspecified atom stereocenters. The molecule has 0 aliphatic carbocycles. The average molecular weight is 287 g/mol. The van der Waals surface area contributed by atoms with E-state index in [2.05, 4.69) is 0 Å². The average Bonchev–Trinajstić information content (AvgIpc) is 1.96. The number of halogens is 6. The van der Waals surface area contributed by atoms with E-state index >= 15 is 0 Å². The third kappa shape index (κ3) is 381. The molecule has 0 atom stereocenters. The van der Waals surface area contributed by atoms with Crippen molar-refractivity contribution in [3.05, 3.63) is 0 Å². The highest BCUT2D eigenvalue weighted by molar-refractivity contribution is 6.41. The summed E-state index contributed by atoms with van der Waals surface area (Å²) in [6.07, 6.45) is 0. The van der Waals surface area contributed by atoms with Gasteiger partial charge in [0.25, 0.3) is 0 Å². The molecule has 0 saturated carbocycles. The highest BCUT2D eigenvalue weighted by Crippen LogP contribution is 1.73. The van der Waals surface area contributed by atoms with Gasteiger partial charge in [0.15, 0.2) is 0 Å². The van der Waals surface area contributed by atoms with E-state index in [0.717, 1.165) is 7.11 Å². The van der Waals surface area contributed by atoms with Crippen molar-refractivity contribution in [2.75, 3.05) is 23.1 Å². The van der Waals surface area contributed by atoms with Gasteiger partial charge in [0.05, 0.1) is 16.0 Å². The molecule has 0 heterocycles. The molecular formula is C4H10Cl6O. The number of aliphatic hydroxyl groups is 1. The highest BCUT2D eigenvalue weighted by atomic mass is 35.5. The Hall–Kier alpha value is 1.70. The molecule has 0 aromatic heterocycles. The third-order valence-corrected chi connectivity index (χ3v) is 0. The lowest BCUT2D eigenvalue weighted by atomic mass is 11.8. The van der Waals surface area contributed by atoms with E-state index in [4.69, 9.17) is 74.7 Å². The van der Waals surface area contributed by atoms with Gasteiger partial charge in [-0.15, -0.1) is 69.6 Å². The van der Waals surface area contributed by atoms with Gasteiger partial charge < -0.3 is 5.11 Å². The van der Waals surface area contributed by atoms with Crippen LogP contribution < -0.4 is 0 Å². The highest BCUT2D eigenvalue weighted by Gasteiger charge is 1.42. The summed E-state index contributed by atoms with van der Waals surface area (Å²) in [6, 6.07) is 0. The SMILES string of the molecule is CO.ClCCl.ClCCl.ClCCl. The second-order valence-corrected chi connectivity index (χ2v) is 2.73.